The number of rotatable bonds is 3. The normalized spacial score (nSPS) is 16.6. The van der Waals surface area contributed by atoms with Crippen LogP contribution in [0.1, 0.15) is 15.9 Å². The molecule has 104 valence electrons. The van der Waals surface area contributed by atoms with Crippen LogP contribution in [0.2, 0.25) is 0 Å². The van der Waals surface area contributed by atoms with E-state index in [1.54, 1.807) is 6.07 Å². The van der Waals surface area contributed by atoms with Crippen molar-refractivity contribution >= 4 is 11.6 Å². The van der Waals surface area contributed by atoms with Crippen LogP contribution in [0, 0.1) is 6.92 Å². The lowest BCUT2D eigenvalue weighted by Crippen LogP contribution is -2.49. The standard InChI is InChI=1S/C14H21N3O2/c1-11-3-2-4-12(13(11)15)14(19)17-7-5-16(6-8-17)9-10-18/h2-4,18H,5-10,15H2,1H3. The van der Waals surface area contributed by atoms with Crippen molar-refractivity contribution in [3.8, 4) is 0 Å². The number of β-amino-alcohol motifs (C(OH)–C–C–N with tert-alkyl or cyclic N) is 1. The number of nitrogens with two attached hydrogens (primary N) is 1. The van der Waals surface area contributed by atoms with Crippen LogP contribution >= 0.6 is 0 Å². The van der Waals surface area contributed by atoms with E-state index in [-0.39, 0.29) is 12.5 Å². The highest BCUT2D eigenvalue weighted by Gasteiger charge is 2.23. The summed E-state index contributed by atoms with van der Waals surface area (Å²) < 4.78 is 0. The van der Waals surface area contributed by atoms with E-state index in [2.05, 4.69) is 4.90 Å². The highest BCUT2D eigenvalue weighted by molar-refractivity contribution is 5.99. The van der Waals surface area contributed by atoms with E-state index in [1.807, 2.05) is 24.0 Å². The molecular weight excluding hydrogens is 242 g/mol. The fourth-order valence-electron chi connectivity index (χ4n) is 2.35. The first-order chi connectivity index (χ1) is 9.13. The molecule has 0 unspecified atom stereocenters. The van der Waals surface area contributed by atoms with Gasteiger partial charge < -0.3 is 15.7 Å². The maximum atomic E-state index is 12.4. The third-order valence-electron chi connectivity index (χ3n) is 3.63. The molecule has 0 radical (unpaired) electrons. The van der Waals surface area contributed by atoms with Gasteiger partial charge in [-0.25, -0.2) is 0 Å². The van der Waals surface area contributed by atoms with Gasteiger partial charge in [0.1, 0.15) is 0 Å². The molecule has 0 saturated carbocycles. The number of aryl methyl sites for hydroxylation is 1. The van der Waals surface area contributed by atoms with Crippen LogP contribution in [-0.2, 0) is 0 Å². The lowest BCUT2D eigenvalue weighted by atomic mass is 10.1. The minimum absolute atomic E-state index is 0.00449. The fraction of sp³-hybridized carbons (Fsp3) is 0.500. The van der Waals surface area contributed by atoms with Gasteiger partial charge in [-0.05, 0) is 18.6 Å². The van der Waals surface area contributed by atoms with Gasteiger partial charge in [0.05, 0.1) is 12.2 Å². The van der Waals surface area contributed by atoms with E-state index < -0.39 is 0 Å². The second-order valence-corrected chi connectivity index (χ2v) is 4.89. The topological polar surface area (TPSA) is 69.8 Å². The number of piperazine rings is 1. The zero-order valence-electron chi connectivity index (χ0n) is 11.3. The molecule has 1 saturated heterocycles. The first-order valence-corrected chi connectivity index (χ1v) is 6.61. The van der Waals surface area contributed by atoms with Crippen molar-refractivity contribution < 1.29 is 9.90 Å². The molecule has 0 aliphatic carbocycles. The second kappa shape index (κ2) is 6.04. The Morgan fingerprint density at radius 1 is 1.32 bits per heavy atom. The Hall–Kier alpha value is -1.59. The summed E-state index contributed by atoms with van der Waals surface area (Å²) in [6.07, 6.45) is 0. The second-order valence-electron chi connectivity index (χ2n) is 4.89. The maximum absolute atomic E-state index is 12.4. The predicted octanol–water partition coefficient (Wildman–Crippen LogP) is 0.327. The van der Waals surface area contributed by atoms with Crippen LogP contribution in [0.25, 0.3) is 0 Å². The molecule has 5 nitrogen and oxygen atoms in total. The summed E-state index contributed by atoms with van der Waals surface area (Å²) in [6, 6.07) is 5.55. The van der Waals surface area contributed by atoms with Crippen molar-refractivity contribution in [2.75, 3.05) is 45.1 Å². The molecule has 0 atom stereocenters. The first-order valence-electron chi connectivity index (χ1n) is 6.61. The Balaban J connectivity index is 2.03. The minimum Gasteiger partial charge on any atom is -0.398 e. The molecule has 1 aromatic rings. The lowest BCUT2D eigenvalue weighted by molar-refractivity contribution is 0.0616. The predicted molar refractivity (Wildman–Crippen MR) is 75.0 cm³/mol. The monoisotopic (exact) mass is 263 g/mol. The number of anilines is 1. The van der Waals surface area contributed by atoms with Crippen LogP contribution in [-0.4, -0.2) is 60.1 Å². The minimum atomic E-state index is 0.00449. The van der Waals surface area contributed by atoms with Crippen molar-refractivity contribution in [3.63, 3.8) is 0 Å². The van der Waals surface area contributed by atoms with Gasteiger partial charge in [-0.3, -0.25) is 9.69 Å². The van der Waals surface area contributed by atoms with Crippen LogP contribution in [0.3, 0.4) is 0 Å². The Bertz CT molecular complexity index is 454. The zero-order valence-corrected chi connectivity index (χ0v) is 11.3. The summed E-state index contributed by atoms with van der Waals surface area (Å²) >= 11 is 0. The molecule has 0 bridgehead atoms. The van der Waals surface area contributed by atoms with E-state index >= 15 is 0 Å². The van der Waals surface area contributed by atoms with Crippen molar-refractivity contribution in [1.82, 2.24) is 9.80 Å². The molecule has 19 heavy (non-hydrogen) atoms. The summed E-state index contributed by atoms with van der Waals surface area (Å²) in [7, 11) is 0. The van der Waals surface area contributed by atoms with Crippen LogP contribution in [0.5, 0.6) is 0 Å². The molecule has 2 rings (SSSR count). The molecule has 0 aromatic heterocycles. The highest BCUT2D eigenvalue weighted by Crippen LogP contribution is 2.19. The summed E-state index contributed by atoms with van der Waals surface area (Å²) in [5.74, 6) is 0.00449. The van der Waals surface area contributed by atoms with Crippen LogP contribution < -0.4 is 5.73 Å². The van der Waals surface area contributed by atoms with E-state index in [0.29, 0.717) is 30.9 Å². The van der Waals surface area contributed by atoms with Crippen LogP contribution in [0.15, 0.2) is 18.2 Å². The first kappa shape index (κ1) is 13.8. The van der Waals surface area contributed by atoms with Crippen molar-refractivity contribution in [1.29, 1.82) is 0 Å². The number of carbonyl (C=O) groups excluding carboxylic acids is 1. The van der Waals surface area contributed by atoms with Crippen molar-refractivity contribution in [3.05, 3.63) is 29.3 Å². The van der Waals surface area contributed by atoms with Gasteiger partial charge >= 0.3 is 0 Å². The van der Waals surface area contributed by atoms with Gasteiger partial charge in [0, 0.05) is 38.4 Å². The van der Waals surface area contributed by atoms with Gasteiger partial charge in [-0.1, -0.05) is 12.1 Å². The Morgan fingerprint density at radius 3 is 2.63 bits per heavy atom. The third-order valence-corrected chi connectivity index (χ3v) is 3.63. The molecule has 1 amide bonds. The van der Waals surface area contributed by atoms with E-state index in [1.165, 1.54) is 0 Å². The highest BCUT2D eigenvalue weighted by atomic mass is 16.3. The summed E-state index contributed by atoms with van der Waals surface area (Å²) in [6.45, 7) is 5.73. The largest absolute Gasteiger partial charge is 0.398 e. The molecule has 5 heteroatoms. The number of aliphatic hydroxyl groups is 1. The van der Waals surface area contributed by atoms with Gasteiger partial charge in [-0.15, -0.1) is 0 Å². The van der Waals surface area contributed by atoms with Gasteiger partial charge in [0.15, 0.2) is 0 Å². The summed E-state index contributed by atoms with van der Waals surface area (Å²) in [5.41, 5.74) is 8.08. The SMILES string of the molecule is Cc1cccc(C(=O)N2CCN(CCO)CC2)c1N. The molecule has 1 heterocycles. The average Bonchev–Trinajstić information content (AvgIpc) is 2.42. The Labute approximate surface area is 113 Å². The maximum Gasteiger partial charge on any atom is 0.256 e. The van der Waals surface area contributed by atoms with Crippen molar-refractivity contribution in [2.24, 2.45) is 0 Å². The number of hydrogen-bond acceptors (Lipinski definition) is 4. The molecule has 1 aromatic carbocycles. The number of benzene rings is 1. The molecule has 1 aliphatic rings. The quantitative estimate of drug-likeness (QED) is 0.771. The molecular formula is C14H21N3O2. The number of nitrogens with zero attached hydrogens (tertiary/aromatic N) is 2. The average molecular weight is 263 g/mol. The lowest BCUT2D eigenvalue weighted by Gasteiger charge is -2.34. The van der Waals surface area contributed by atoms with Gasteiger partial charge in [0.2, 0.25) is 0 Å². The number of carbonyl (C=O) groups is 1. The fourth-order valence-corrected chi connectivity index (χ4v) is 2.35. The Morgan fingerprint density at radius 2 is 2.00 bits per heavy atom. The van der Waals surface area contributed by atoms with Gasteiger partial charge in [0.25, 0.3) is 5.91 Å². The number of nitrogen functional groups attached to an aromatic ring is 1. The van der Waals surface area contributed by atoms with Gasteiger partial charge in [-0.2, -0.15) is 0 Å². The number of aliphatic hydroxyl groups excluding tert-OH is 1. The summed E-state index contributed by atoms with van der Waals surface area (Å²) in [5, 5.41) is 8.90. The molecule has 1 fully saturated rings. The molecule has 1 aliphatic heterocycles. The Kier molecular flexibility index (Phi) is 4.39. The van der Waals surface area contributed by atoms with E-state index in [4.69, 9.17) is 10.8 Å². The zero-order chi connectivity index (χ0) is 13.8. The molecule has 0 spiro atoms. The van der Waals surface area contributed by atoms with Crippen molar-refractivity contribution in [2.45, 2.75) is 6.92 Å². The van der Waals surface area contributed by atoms with Crippen LogP contribution in [0.4, 0.5) is 5.69 Å². The van der Waals surface area contributed by atoms with E-state index in [9.17, 15) is 4.79 Å². The number of hydrogen-bond donors (Lipinski definition) is 2. The smallest absolute Gasteiger partial charge is 0.256 e. The number of amides is 1. The molecule has 3 N–H and O–H groups in total. The third kappa shape index (κ3) is 3.05. The number of para-hydroxylation sites is 1. The van der Waals surface area contributed by atoms with E-state index in [0.717, 1.165) is 18.7 Å². The summed E-state index contributed by atoms with van der Waals surface area (Å²) in [4.78, 5) is 16.4.